The Morgan fingerprint density at radius 3 is 2.90 bits per heavy atom. The van der Waals surface area contributed by atoms with E-state index in [2.05, 4.69) is 24.1 Å². The van der Waals surface area contributed by atoms with Gasteiger partial charge in [-0.25, -0.2) is 0 Å². The highest BCUT2D eigenvalue weighted by Gasteiger charge is 2.21. The summed E-state index contributed by atoms with van der Waals surface area (Å²) >= 11 is 0. The van der Waals surface area contributed by atoms with E-state index in [9.17, 15) is 10.1 Å². The Hall–Kier alpha value is -1.46. The van der Waals surface area contributed by atoms with E-state index in [4.69, 9.17) is 0 Å². The maximum Gasteiger partial charge on any atom is 0.269 e. The Morgan fingerprint density at radius 2 is 2.29 bits per heavy atom. The van der Waals surface area contributed by atoms with Crippen molar-refractivity contribution < 1.29 is 4.92 Å². The quantitative estimate of drug-likeness (QED) is 0.646. The molecule has 5 heteroatoms. The Bertz CT molecular complexity index is 472. The molecule has 1 saturated heterocycles. The molecule has 116 valence electrons. The number of likely N-dealkylation sites (N-methyl/N-ethyl adjacent to an activating group) is 1. The zero-order valence-corrected chi connectivity index (χ0v) is 12.9. The lowest BCUT2D eigenvalue weighted by molar-refractivity contribution is -0.384. The van der Waals surface area contributed by atoms with Gasteiger partial charge in [0.05, 0.1) is 4.92 Å². The van der Waals surface area contributed by atoms with Crippen LogP contribution >= 0.6 is 0 Å². The number of non-ortho nitro benzene ring substituents is 1. The zero-order valence-electron chi connectivity index (χ0n) is 12.9. The zero-order chi connectivity index (χ0) is 15.2. The smallest absolute Gasteiger partial charge is 0.269 e. The SMILES string of the molecule is CCN(CC1CCCCN1)C(C)c1cccc([N+](=O)[O-])c1. The Balaban J connectivity index is 2.06. The van der Waals surface area contributed by atoms with Crippen molar-refractivity contribution in [3.8, 4) is 0 Å². The van der Waals surface area contributed by atoms with Crippen molar-refractivity contribution in [1.29, 1.82) is 0 Å². The van der Waals surface area contributed by atoms with Gasteiger partial charge in [0, 0.05) is 30.8 Å². The first-order valence-corrected chi connectivity index (χ1v) is 7.83. The minimum Gasteiger partial charge on any atom is -0.313 e. The van der Waals surface area contributed by atoms with E-state index >= 15 is 0 Å². The Labute approximate surface area is 126 Å². The van der Waals surface area contributed by atoms with Crippen molar-refractivity contribution in [1.82, 2.24) is 10.2 Å². The molecule has 1 aromatic carbocycles. The normalized spacial score (nSPS) is 20.4. The summed E-state index contributed by atoms with van der Waals surface area (Å²) in [4.78, 5) is 13.0. The van der Waals surface area contributed by atoms with E-state index in [1.54, 1.807) is 18.2 Å². The van der Waals surface area contributed by atoms with Crippen molar-refractivity contribution in [2.45, 2.75) is 45.2 Å². The molecule has 0 aromatic heterocycles. The van der Waals surface area contributed by atoms with Gasteiger partial charge in [-0.2, -0.15) is 0 Å². The first-order chi connectivity index (χ1) is 10.1. The van der Waals surface area contributed by atoms with Crippen LogP contribution < -0.4 is 5.32 Å². The van der Waals surface area contributed by atoms with Gasteiger partial charge in [-0.1, -0.05) is 25.5 Å². The van der Waals surface area contributed by atoms with Crippen molar-refractivity contribution in [3.63, 3.8) is 0 Å². The predicted molar refractivity (Wildman–Crippen MR) is 84.4 cm³/mol. The number of hydrogen-bond donors (Lipinski definition) is 1. The van der Waals surface area contributed by atoms with Gasteiger partial charge in [0.25, 0.3) is 5.69 Å². The van der Waals surface area contributed by atoms with Gasteiger partial charge >= 0.3 is 0 Å². The van der Waals surface area contributed by atoms with Gasteiger partial charge in [0.15, 0.2) is 0 Å². The number of nitro groups is 1. The molecule has 1 fully saturated rings. The van der Waals surface area contributed by atoms with Crippen LogP contribution in [0.15, 0.2) is 24.3 Å². The van der Waals surface area contributed by atoms with Crippen LogP contribution in [0.3, 0.4) is 0 Å². The molecule has 0 radical (unpaired) electrons. The van der Waals surface area contributed by atoms with Crippen LogP contribution in [0.25, 0.3) is 0 Å². The summed E-state index contributed by atoms with van der Waals surface area (Å²) in [6, 6.07) is 7.74. The van der Waals surface area contributed by atoms with Gasteiger partial charge in [0.1, 0.15) is 0 Å². The lowest BCUT2D eigenvalue weighted by atomic mass is 10.0. The highest BCUT2D eigenvalue weighted by Crippen LogP contribution is 2.24. The first kappa shape index (κ1) is 15.9. The summed E-state index contributed by atoms with van der Waals surface area (Å²) in [6.45, 7) is 7.33. The van der Waals surface area contributed by atoms with E-state index in [1.807, 2.05) is 6.07 Å². The second-order valence-electron chi connectivity index (χ2n) is 5.76. The summed E-state index contributed by atoms with van der Waals surface area (Å²) in [5.41, 5.74) is 1.19. The Morgan fingerprint density at radius 1 is 1.48 bits per heavy atom. The molecule has 2 rings (SSSR count). The molecule has 2 unspecified atom stereocenters. The molecular weight excluding hydrogens is 266 g/mol. The molecular formula is C16H25N3O2. The lowest BCUT2D eigenvalue weighted by Gasteiger charge is -2.34. The standard InChI is InChI=1S/C16H25N3O2/c1-3-18(12-15-8-4-5-10-17-15)13(2)14-7-6-9-16(11-14)19(20)21/h6-7,9,11,13,15,17H,3-5,8,10,12H2,1-2H3. The number of nitrogens with one attached hydrogen (secondary N) is 1. The van der Waals surface area contributed by atoms with Crippen LogP contribution in [0.5, 0.6) is 0 Å². The van der Waals surface area contributed by atoms with Crippen LogP contribution in [-0.2, 0) is 0 Å². The van der Waals surface area contributed by atoms with Crippen LogP contribution in [0.4, 0.5) is 5.69 Å². The lowest BCUT2D eigenvalue weighted by Crippen LogP contribution is -2.44. The fourth-order valence-corrected chi connectivity index (χ4v) is 3.03. The van der Waals surface area contributed by atoms with Crippen molar-refractivity contribution in [2.24, 2.45) is 0 Å². The fourth-order valence-electron chi connectivity index (χ4n) is 3.03. The number of benzene rings is 1. The molecule has 1 aliphatic heterocycles. The number of nitro benzene ring substituents is 1. The third-order valence-corrected chi connectivity index (χ3v) is 4.38. The summed E-state index contributed by atoms with van der Waals surface area (Å²) in [6.07, 6.45) is 3.78. The average Bonchev–Trinajstić information content (AvgIpc) is 2.53. The monoisotopic (exact) mass is 291 g/mol. The summed E-state index contributed by atoms with van der Waals surface area (Å²) in [5, 5.41) is 14.5. The molecule has 1 aromatic rings. The molecule has 5 nitrogen and oxygen atoms in total. The maximum atomic E-state index is 10.9. The van der Waals surface area contributed by atoms with E-state index in [0.717, 1.165) is 25.2 Å². The van der Waals surface area contributed by atoms with Crippen molar-refractivity contribution in [3.05, 3.63) is 39.9 Å². The van der Waals surface area contributed by atoms with E-state index < -0.39 is 0 Å². The van der Waals surface area contributed by atoms with Crippen LogP contribution in [-0.4, -0.2) is 35.5 Å². The summed E-state index contributed by atoms with van der Waals surface area (Å²) in [7, 11) is 0. The predicted octanol–water partition coefficient (Wildman–Crippen LogP) is 3.12. The molecule has 0 bridgehead atoms. The maximum absolute atomic E-state index is 10.9. The third kappa shape index (κ3) is 4.25. The second kappa shape index (κ2) is 7.52. The summed E-state index contributed by atoms with van der Waals surface area (Å²) in [5.74, 6) is 0. The molecule has 21 heavy (non-hydrogen) atoms. The van der Waals surface area contributed by atoms with Gasteiger partial charge < -0.3 is 5.32 Å². The molecule has 1 aliphatic rings. The van der Waals surface area contributed by atoms with E-state index in [1.165, 1.54) is 19.3 Å². The molecule has 0 saturated carbocycles. The minimum atomic E-state index is -0.324. The van der Waals surface area contributed by atoms with Gasteiger partial charge in [-0.05, 0) is 38.4 Å². The van der Waals surface area contributed by atoms with Crippen molar-refractivity contribution >= 4 is 5.69 Å². The van der Waals surface area contributed by atoms with Crippen molar-refractivity contribution in [2.75, 3.05) is 19.6 Å². The van der Waals surface area contributed by atoms with Crippen LogP contribution in [0, 0.1) is 10.1 Å². The molecule has 2 atom stereocenters. The molecule has 1 N–H and O–H groups in total. The topological polar surface area (TPSA) is 58.4 Å². The van der Waals surface area contributed by atoms with Gasteiger partial charge in [0.2, 0.25) is 0 Å². The van der Waals surface area contributed by atoms with Crippen LogP contribution in [0.2, 0.25) is 0 Å². The number of nitrogens with zero attached hydrogens (tertiary/aromatic N) is 2. The fraction of sp³-hybridized carbons (Fsp3) is 0.625. The van der Waals surface area contributed by atoms with Crippen LogP contribution in [0.1, 0.15) is 44.7 Å². The largest absolute Gasteiger partial charge is 0.313 e. The first-order valence-electron chi connectivity index (χ1n) is 7.83. The highest BCUT2D eigenvalue weighted by atomic mass is 16.6. The average molecular weight is 291 g/mol. The third-order valence-electron chi connectivity index (χ3n) is 4.38. The second-order valence-corrected chi connectivity index (χ2v) is 5.76. The van der Waals surface area contributed by atoms with E-state index in [0.29, 0.717) is 6.04 Å². The minimum absolute atomic E-state index is 0.172. The number of hydrogen-bond acceptors (Lipinski definition) is 4. The van der Waals surface area contributed by atoms with E-state index in [-0.39, 0.29) is 16.7 Å². The summed E-state index contributed by atoms with van der Waals surface area (Å²) < 4.78 is 0. The Kier molecular flexibility index (Phi) is 5.70. The van der Waals surface area contributed by atoms with Gasteiger partial charge in [-0.3, -0.25) is 15.0 Å². The molecule has 0 aliphatic carbocycles. The highest BCUT2D eigenvalue weighted by molar-refractivity contribution is 5.35. The molecule has 0 spiro atoms. The van der Waals surface area contributed by atoms with Gasteiger partial charge in [-0.15, -0.1) is 0 Å². The number of rotatable bonds is 6. The molecule has 0 amide bonds. The molecule has 1 heterocycles. The number of piperidine rings is 1.